The maximum absolute atomic E-state index is 12.0. The maximum Gasteiger partial charge on any atom is 0.401 e. The fourth-order valence-corrected chi connectivity index (χ4v) is 3.82. The molecule has 0 saturated carbocycles. The van der Waals surface area contributed by atoms with Gasteiger partial charge in [0.25, 0.3) is 5.91 Å². The number of anilines is 2. The summed E-state index contributed by atoms with van der Waals surface area (Å²) in [5.74, 6) is 2.60. The van der Waals surface area contributed by atoms with Crippen LogP contribution in [0.4, 0.5) is 11.5 Å². The maximum atomic E-state index is 12.0. The van der Waals surface area contributed by atoms with Crippen molar-refractivity contribution in [2.75, 3.05) is 18.5 Å². The zero-order valence-corrected chi connectivity index (χ0v) is 17.0. The minimum absolute atomic E-state index is 0.233. The third-order valence-corrected chi connectivity index (χ3v) is 5.45. The lowest BCUT2D eigenvalue weighted by molar-refractivity contribution is 0.0342. The van der Waals surface area contributed by atoms with Gasteiger partial charge in [-0.2, -0.15) is 10.4 Å². The number of amides is 1. The van der Waals surface area contributed by atoms with Gasteiger partial charge in [0.05, 0.1) is 24.6 Å². The Kier molecular flexibility index (Phi) is 5.51. The first-order chi connectivity index (χ1) is 14.5. The first-order valence-corrected chi connectivity index (χ1v) is 9.95. The van der Waals surface area contributed by atoms with E-state index in [9.17, 15) is 10.1 Å². The summed E-state index contributed by atoms with van der Waals surface area (Å²) in [7, 11) is 1.69. The Bertz CT molecular complexity index is 1040. The van der Waals surface area contributed by atoms with Crippen LogP contribution in [0.3, 0.4) is 0 Å². The van der Waals surface area contributed by atoms with Crippen molar-refractivity contribution < 1.29 is 14.2 Å². The summed E-state index contributed by atoms with van der Waals surface area (Å²) in [5.41, 5.74) is 8.76. The fraction of sp³-hybridized carbons (Fsp3) is 0.381. The average molecular weight is 404 g/mol. The summed E-state index contributed by atoms with van der Waals surface area (Å²) in [4.78, 5) is 12.0. The van der Waals surface area contributed by atoms with Crippen LogP contribution in [0.25, 0.3) is 5.57 Å². The van der Waals surface area contributed by atoms with Crippen LogP contribution in [-0.4, -0.2) is 36.4 Å². The van der Waals surface area contributed by atoms with Crippen LogP contribution in [0.2, 0.25) is 0 Å². The number of primary amides is 1. The number of carbonyl (C=O) groups is 1. The van der Waals surface area contributed by atoms with Gasteiger partial charge in [-0.05, 0) is 36.1 Å². The number of aromatic nitrogens is 2. The Morgan fingerprint density at radius 1 is 1.47 bits per heavy atom. The number of nitrogens with zero attached hydrogens (tertiary/aromatic N) is 3. The van der Waals surface area contributed by atoms with Gasteiger partial charge in [-0.15, -0.1) is 0 Å². The molecule has 1 aromatic carbocycles. The molecule has 2 atom stereocenters. The van der Waals surface area contributed by atoms with Gasteiger partial charge in [0.1, 0.15) is 11.3 Å². The van der Waals surface area contributed by atoms with Crippen molar-refractivity contribution in [1.29, 1.82) is 5.26 Å². The number of nitriles is 1. The number of hydrogen-bond acceptors (Lipinski definition) is 6. The molecule has 153 valence electrons. The van der Waals surface area contributed by atoms with Crippen molar-refractivity contribution in [2.24, 2.45) is 17.6 Å². The molecule has 1 aromatic heterocycles. The van der Waals surface area contributed by atoms with Crippen molar-refractivity contribution >= 4 is 30.5 Å². The van der Waals surface area contributed by atoms with Gasteiger partial charge >= 0.3 is 7.48 Å². The topological polar surface area (TPSA) is 115 Å². The van der Waals surface area contributed by atoms with Crippen LogP contribution in [0.5, 0.6) is 5.75 Å². The fourth-order valence-electron chi connectivity index (χ4n) is 3.82. The molecule has 1 saturated heterocycles. The standard InChI is InChI=1S/C21H23BN5O3/c1-12(2)16-8-22-30-19-4-3-14(7-15(16)19)25-21-17(20(24)28)10-27(26-21)18-11-29-6-5-13(18)9-23/h3-4,7-8,10,12-13,18H,5-6,11H2,1-2H3,(H2,24,28)(H,25,26)/t13-,18+/m0/s1. The van der Waals surface area contributed by atoms with Crippen molar-refractivity contribution in [1.82, 2.24) is 9.78 Å². The van der Waals surface area contributed by atoms with Crippen molar-refractivity contribution in [3.05, 3.63) is 41.5 Å². The number of carbonyl (C=O) groups excluding carboxylic acids is 1. The molecule has 1 radical (unpaired) electrons. The highest BCUT2D eigenvalue weighted by Crippen LogP contribution is 2.36. The summed E-state index contributed by atoms with van der Waals surface area (Å²) in [6.45, 7) is 5.16. The van der Waals surface area contributed by atoms with E-state index in [2.05, 4.69) is 30.3 Å². The van der Waals surface area contributed by atoms with E-state index in [0.29, 0.717) is 31.4 Å². The number of nitrogens with two attached hydrogens (primary N) is 1. The highest BCUT2D eigenvalue weighted by molar-refractivity contribution is 6.38. The number of hydrogen-bond donors (Lipinski definition) is 2. The first kappa shape index (κ1) is 20.0. The molecule has 9 heteroatoms. The predicted molar refractivity (Wildman–Crippen MR) is 113 cm³/mol. The molecule has 0 bridgehead atoms. The van der Waals surface area contributed by atoms with Gasteiger partial charge in [-0.1, -0.05) is 19.8 Å². The molecule has 3 N–H and O–H groups in total. The third kappa shape index (κ3) is 3.78. The predicted octanol–water partition coefficient (Wildman–Crippen LogP) is 2.84. The van der Waals surface area contributed by atoms with Crippen LogP contribution in [0, 0.1) is 23.2 Å². The second-order valence-electron chi connectivity index (χ2n) is 7.77. The van der Waals surface area contributed by atoms with Crippen molar-refractivity contribution in [3.8, 4) is 11.8 Å². The number of fused-ring (bicyclic) bond motifs is 1. The summed E-state index contributed by atoms with van der Waals surface area (Å²) < 4.78 is 12.7. The van der Waals surface area contributed by atoms with Gasteiger partial charge in [-0.25, -0.2) is 0 Å². The van der Waals surface area contributed by atoms with Crippen molar-refractivity contribution in [2.45, 2.75) is 26.3 Å². The normalized spacial score (nSPS) is 20.4. The Morgan fingerprint density at radius 3 is 3.03 bits per heavy atom. The van der Waals surface area contributed by atoms with Crippen LogP contribution in [0.15, 0.2) is 30.4 Å². The van der Waals surface area contributed by atoms with E-state index in [-0.39, 0.29) is 17.5 Å². The third-order valence-electron chi connectivity index (χ3n) is 5.45. The lowest BCUT2D eigenvalue weighted by Gasteiger charge is -2.27. The van der Waals surface area contributed by atoms with E-state index in [0.717, 1.165) is 22.6 Å². The summed E-state index contributed by atoms with van der Waals surface area (Å²) in [5, 5.41) is 17.2. The van der Waals surface area contributed by atoms with Gasteiger partial charge < -0.3 is 20.4 Å². The van der Waals surface area contributed by atoms with E-state index in [4.69, 9.17) is 15.1 Å². The Morgan fingerprint density at radius 2 is 2.30 bits per heavy atom. The second-order valence-corrected chi connectivity index (χ2v) is 7.77. The number of benzene rings is 1. The van der Waals surface area contributed by atoms with E-state index in [1.807, 2.05) is 24.2 Å². The minimum atomic E-state index is -0.590. The monoisotopic (exact) mass is 404 g/mol. The lowest BCUT2D eigenvalue weighted by atomic mass is 9.83. The number of rotatable bonds is 5. The molecule has 2 aliphatic heterocycles. The highest BCUT2D eigenvalue weighted by Gasteiger charge is 2.29. The van der Waals surface area contributed by atoms with Gasteiger partial charge in [0.2, 0.25) is 0 Å². The lowest BCUT2D eigenvalue weighted by Crippen LogP contribution is -2.29. The molecular weight excluding hydrogens is 381 g/mol. The average Bonchev–Trinajstić information content (AvgIpc) is 3.17. The van der Waals surface area contributed by atoms with Crippen LogP contribution < -0.4 is 15.7 Å². The quantitative estimate of drug-likeness (QED) is 0.741. The molecule has 30 heavy (non-hydrogen) atoms. The minimum Gasteiger partial charge on any atom is -0.558 e. The van der Waals surface area contributed by atoms with Gasteiger partial charge in [-0.3, -0.25) is 9.48 Å². The molecule has 2 aliphatic rings. The molecule has 0 unspecified atom stereocenters. The molecule has 1 fully saturated rings. The van der Waals surface area contributed by atoms with Crippen LogP contribution >= 0.6 is 0 Å². The number of allylic oxidation sites excluding steroid dienone is 1. The van der Waals surface area contributed by atoms with Crippen LogP contribution in [-0.2, 0) is 4.74 Å². The first-order valence-electron chi connectivity index (χ1n) is 9.95. The smallest absolute Gasteiger partial charge is 0.401 e. The molecule has 2 aromatic rings. The number of ether oxygens (including phenoxy) is 1. The van der Waals surface area contributed by atoms with Crippen LogP contribution in [0.1, 0.15) is 42.2 Å². The molecule has 0 spiro atoms. The summed E-state index contributed by atoms with van der Waals surface area (Å²) in [6, 6.07) is 7.76. The van der Waals surface area contributed by atoms with E-state index in [1.165, 1.54) is 0 Å². The Balaban J connectivity index is 1.66. The largest absolute Gasteiger partial charge is 0.558 e. The molecule has 1 amide bonds. The number of nitrogens with one attached hydrogen (secondary N) is 1. The molecule has 3 heterocycles. The van der Waals surface area contributed by atoms with E-state index >= 15 is 0 Å². The molecule has 4 rings (SSSR count). The Labute approximate surface area is 175 Å². The molecule has 8 nitrogen and oxygen atoms in total. The van der Waals surface area contributed by atoms with E-state index in [1.54, 1.807) is 18.4 Å². The second kappa shape index (κ2) is 8.24. The van der Waals surface area contributed by atoms with Gasteiger partial charge in [0, 0.05) is 24.1 Å². The molecule has 0 aliphatic carbocycles. The zero-order chi connectivity index (χ0) is 21.3. The Hall–Kier alpha value is -3.25. The zero-order valence-electron chi connectivity index (χ0n) is 17.0. The van der Waals surface area contributed by atoms with Gasteiger partial charge in [0.15, 0.2) is 5.82 Å². The SMILES string of the molecule is CC(C)C1=C[B]Oc2ccc(Nc3nn([C@@H]4COCC[C@H]4C#N)cc3C(N)=O)cc21. The van der Waals surface area contributed by atoms with E-state index < -0.39 is 5.91 Å². The molecular formula is C21H23BN5O3. The summed E-state index contributed by atoms with van der Waals surface area (Å²) >= 11 is 0. The van der Waals surface area contributed by atoms with Crippen molar-refractivity contribution in [3.63, 3.8) is 0 Å². The highest BCUT2D eigenvalue weighted by atomic mass is 16.5. The summed E-state index contributed by atoms with van der Waals surface area (Å²) in [6.07, 6.45) is 2.21.